The number of nitrogens with zero attached hydrogens (tertiary/aromatic N) is 6. The van der Waals surface area contributed by atoms with E-state index in [2.05, 4.69) is 25.1 Å². The van der Waals surface area contributed by atoms with Crippen molar-refractivity contribution in [3.05, 3.63) is 66.1 Å². The van der Waals surface area contributed by atoms with Crippen molar-refractivity contribution in [2.24, 2.45) is 5.73 Å². The topological polar surface area (TPSA) is 160 Å². The summed E-state index contributed by atoms with van der Waals surface area (Å²) in [5, 5.41) is 4.30. The maximum Gasteiger partial charge on any atom is 0.259 e. The number of hydrogen-bond acceptors (Lipinski definition) is 9. The number of aromatic nitrogens is 6. The van der Waals surface area contributed by atoms with Gasteiger partial charge in [-0.15, -0.1) is 0 Å². The SMILES string of the molecule is NC(=O)CCc1ccc(-c2nc(C3(c4ccc(-c5cnc(N)nc5)nc4)CCC3)no2)cn1. The van der Waals surface area contributed by atoms with Gasteiger partial charge in [0.15, 0.2) is 5.82 Å². The standard InChI is InChI=1S/C23H22N8O2/c24-19(32)7-5-17-4-2-14(10-26-17)20-30-21(31-33-20)23(8-1-9-23)16-3-6-18(27-13-16)15-11-28-22(25)29-12-15/h2-4,6,10-13H,1,5,7-9H2,(H2,24,32)(H2,25,28,29). The van der Waals surface area contributed by atoms with Crippen molar-refractivity contribution >= 4 is 11.9 Å². The van der Waals surface area contributed by atoms with Crippen LogP contribution in [0.15, 0.2) is 53.6 Å². The Balaban J connectivity index is 1.37. The zero-order chi connectivity index (χ0) is 22.8. The summed E-state index contributed by atoms with van der Waals surface area (Å²) in [5.41, 5.74) is 14.6. The van der Waals surface area contributed by atoms with Crippen LogP contribution < -0.4 is 11.5 Å². The highest BCUT2D eigenvalue weighted by atomic mass is 16.5. The van der Waals surface area contributed by atoms with Crippen LogP contribution >= 0.6 is 0 Å². The predicted molar refractivity (Wildman–Crippen MR) is 119 cm³/mol. The lowest BCUT2D eigenvalue weighted by Crippen LogP contribution is -2.36. The molecule has 10 heteroatoms. The van der Waals surface area contributed by atoms with E-state index in [0.29, 0.717) is 18.1 Å². The van der Waals surface area contributed by atoms with Crippen molar-refractivity contribution in [3.63, 3.8) is 0 Å². The van der Waals surface area contributed by atoms with E-state index in [1.807, 2.05) is 30.5 Å². The molecular weight excluding hydrogens is 420 g/mol. The monoisotopic (exact) mass is 442 g/mol. The molecule has 4 aromatic rings. The number of nitrogen functional groups attached to an aromatic ring is 1. The first-order valence-corrected chi connectivity index (χ1v) is 10.7. The first kappa shape index (κ1) is 20.7. The Morgan fingerprint density at radius 2 is 1.76 bits per heavy atom. The van der Waals surface area contributed by atoms with E-state index in [0.717, 1.165) is 47.3 Å². The summed E-state index contributed by atoms with van der Waals surface area (Å²) in [6, 6.07) is 7.69. The molecule has 4 N–H and O–H groups in total. The Labute approximate surface area is 189 Å². The van der Waals surface area contributed by atoms with Crippen molar-refractivity contribution in [2.45, 2.75) is 37.5 Å². The van der Waals surface area contributed by atoms with Gasteiger partial charge < -0.3 is 16.0 Å². The van der Waals surface area contributed by atoms with Gasteiger partial charge in [-0.25, -0.2) is 9.97 Å². The summed E-state index contributed by atoms with van der Waals surface area (Å²) in [4.78, 5) is 32.7. The second-order valence-corrected chi connectivity index (χ2v) is 8.13. The molecule has 0 aromatic carbocycles. The van der Waals surface area contributed by atoms with Crippen LogP contribution in [0.3, 0.4) is 0 Å². The van der Waals surface area contributed by atoms with Crippen molar-refractivity contribution in [1.82, 2.24) is 30.1 Å². The van der Waals surface area contributed by atoms with Gasteiger partial charge >= 0.3 is 0 Å². The molecule has 1 aliphatic rings. The first-order chi connectivity index (χ1) is 16.0. The largest absolute Gasteiger partial charge is 0.370 e. The summed E-state index contributed by atoms with van der Waals surface area (Å²) >= 11 is 0. The molecule has 0 unspecified atom stereocenters. The molecule has 0 spiro atoms. The number of primary amides is 1. The molecule has 0 radical (unpaired) electrons. The Bertz CT molecular complexity index is 1260. The molecule has 166 valence electrons. The molecule has 0 atom stereocenters. The summed E-state index contributed by atoms with van der Waals surface area (Å²) in [6.45, 7) is 0. The lowest BCUT2D eigenvalue weighted by atomic mass is 9.64. The van der Waals surface area contributed by atoms with E-state index in [1.165, 1.54) is 0 Å². The first-order valence-electron chi connectivity index (χ1n) is 10.7. The quantitative estimate of drug-likeness (QED) is 0.438. The molecule has 4 aromatic heterocycles. The molecule has 1 amide bonds. The van der Waals surface area contributed by atoms with Crippen LogP contribution in [-0.4, -0.2) is 36.0 Å². The third kappa shape index (κ3) is 4.02. The predicted octanol–water partition coefficient (Wildman–Crippen LogP) is 2.45. The highest BCUT2D eigenvalue weighted by Gasteiger charge is 2.44. The Morgan fingerprint density at radius 3 is 2.36 bits per heavy atom. The van der Waals surface area contributed by atoms with Crippen molar-refractivity contribution < 1.29 is 9.32 Å². The smallest absolute Gasteiger partial charge is 0.259 e. The van der Waals surface area contributed by atoms with Crippen LogP contribution in [0.1, 0.15) is 42.8 Å². The fourth-order valence-electron chi connectivity index (χ4n) is 3.97. The van der Waals surface area contributed by atoms with Gasteiger partial charge in [0, 0.05) is 42.5 Å². The number of anilines is 1. The van der Waals surface area contributed by atoms with Crippen LogP contribution in [0, 0.1) is 0 Å². The molecule has 0 aliphatic heterocycles. The van der Waals surface area contributed by atoms with Gasteiger partial charge in [0.2, 0.25) is 11.9 Å². The van der Waals surface area contributed by atoms with Gasteiger partial charge in [-0.1, -0.05) is 17.6 Å². The summed E-state index contributed by atoms with van der Waals surface area (Å²) in [5.74, 6) is 0.936. The second kappa shape index (κ2) is 8.38. The summed E-state index contributed by atoms with van der Waals surface area (Å²) < 4.78 is 5.57. The Hall–Kier alpha value is -4.21. The van der Waals surface area contributed by atoms with Gasteiger partial charge in [-0.2, -0.15) is 4.98 Å². The zero-order valence-electron chi connectivity index (χ0n) is 17.8. The number of aryl methyl sites for hydroxylation is 1. The molecule has 0 bridgehead atoms. The number of carbonyl (C=O) groups is 1. The summed E-state index contributed by atoms with van der Waals surface area (Å²) in [7, 11) is 0. The zero-order valence-corrected chi connectivity index (χ0v) is 17.8. The van der Waals surface area contributed by atoms with Gasteiger partial charge in [-0.3, -0.25) is 14.8 Å². The molecule has 1 fully saturated rings. The molecule has 10 nitrogen and oxygen atoms in total. The third-order valence-electron chi connectivity index (χ3n) is 6.04. The second-order valence-electron chi connectivity index (χ2n) is 8.13. The lowest BCUT2D eigenvalue weighted by Gasteiger charge is -2.39. The minimum Gasteiger partial charge on any atom is -0.370 e. The summed E-state index contributed by atoms with van der Waals surface area (Å²) in [6.07, 6.45) is 10.5. The minimum absolute atomic E-state index is 0.229. The molecular formula is C23H22N8O2. The molecule has 33 heavy (non-hydrogen) atoms. The van der Waals surface area contributed by atoms with Crippen LogP contribution in [0.4, 0.5) is 5.95 Å². The third-order valence-corrected chi connectivity index (χ3v) is 6.04. The van der Waals surface area contributed by atoms with Crippen LogP contribution in [-0.2, 0) is 16.6 Å². The van der Waals surface area contributed by atoms with Gasteiger partial charge in [0.25, 0.3) is 5.89 Å². The maximum atomic E-state index is 11.0. The van der Waals surface area contributed by atoms with Gasteiger partial charge in [0.05, 0.1) is 16.7 Å². The fourth-order valence-corrected chi connectivity index (χ4v) is 3.97. The highest BCUT2D eigenvalue weighted by molar-refractivity contribution is 5.73. The van der Waals surface area contributed by atoms with Crippen molar-refractivity contribution in [1.29, 1.82) is 0 Å². The maximum absolute atomic E-state index is 11.0. The van der Waals surface area contributed by atoms with E-state index in [4.69, 9.17) is 21.0 Å². The normalized spacial score (nSPS) is 14.5. The van der Waals surface area contributed by atoms with Crippen molar-refractivity contribution in [2.75, 3.05) is 5.73 Å². The van der Waals surface area contributed by atoms with Crippen LogP contribution in [0.2, 0.25) is 0 Å². The number of hydrogen-bond donors (Lipinski definition) is 2. The number of carbonyl (C=O) groups excluding carboxylic acids is 1. The van der Waals surface area contributed by atoms with E-state index in [9.17, 15) is 4.79 Å². The van der Waals surface area contributed by atoms with E-state index < -0.39 is 0 Å². The molecule has 1 saturated carbocycles. The fraction of sp³-hybridized carbons (Fsp3) is 0.261. The lowest BCUT2D eigenvalue weighted by molar-refractivity contribution is -0.118. The van der Waals surface area contributed by atoms with Gasteiger partial charge in [-0.05, 0) is 43.0 Å². The Kier molecular flexibility index (Phi) is 5.25. The molecule has 1 aliphatic carbocycles. The number of rotatable bonds is 7. The van der Waals surface area contributed by atoms with Crippen LogP contribution in [0.5, 0.6) is 0 Å². The van der Waals surface area contributed by atoms with Crippen LogP contribution in [0.25, 0.3) is 22.7 Å². The average molecular weight is 442 g/mol. The van der Waals surface area contributed by atoms with E-state index >= 15 is 0 Å². The number of amides is 1. The average Bonchev–Trinajstić information content (AvgIpc) is 3.29. The molecule has 5 rings (SSSR count). The molecule has 0 saturated heterocycles. The minimum atomic E-state index is -0.350. The Morgan fingerprint density at radius 1 is 0.970 bits per heavy atom. The van der Waals surface area contributed by atoms with Gasteiger partial charge in [0.1, 0.15) is 0 Å². The van der Waals surface area contributed by atoms with Crippen molar-refractivity contribution in [3.8, 4) is 22.7 Å². The number of nitrogens with two attached hydrogens (primary N) is 2. The number of pyridine rings is 2. The van der Waals surface area contributed by atoms with E-state index in [-0.39, 0.29) is 23.7 Å². The molecule has 4 heterocycles. The highest BCUT2D eigenvalue weighted by Crippen LogP contribution is 2.48. The van der Waals surface area contributed by atoms with E-state index in [1.54, 1.807) is 18.6 Å².